The summed E-state index contributed by atoms with van der Waals surface area (Å²) in [5, 5.41) is 5.71. The summed E-state index contributed by atoms with van der Waals surface area (Å²) in [5.41, 5.74) is 3.55. The van der Waals surface area contributed by atoms with Crippen LogP contribution in [0, 0.1) is 12.8 Å². The van der Waals surface area contributed by atoms with E-state index in [1.165, 1.54) is 12.7 Å². The van der Waals surface area contributed by atoms with Gasteiger partial charge in [0.2, 0.25) is 5.91 Å². The molecule has 1 aliphatic heterocycles. The summed E-state index contributed by atoms with van der Waals surface area (Å²) in [6, 6.07) is 12.8. The van der Waals surface area contributed by atoms with Gasteiger partial charge in [0.25, 0.3) is 0 Å². The second kappa shape index (κ2) is 11.5. The maximum absolute atomic E-state index is 13.1. The molecule has 2 N–H and O–H groups in total. The van der Waals surface area contributed by atoms with Gasteiger partial charge in [0, 0.05) is 18.2 Å². The van der Waals surface area contributed by atoms with Crippen LogP contribution in [0.2, 0.25) is 0 Å². The molecule has 1 saturated carbocycles. The fourth-order valence-corrected chi connectivity index (χ4v) is 5.36. The van der Waals surface area contributed by atoms with Crippen LogP contribution in [-0.2, 0) is 14.3 Å². The highest BCUT2D eigenvalue weighted by atomic mass is 16.5. The zero-order valence-electron chi connectivity index (χ0n) is 21.2. The fraction of sp³-hybridized carbons (Fsp3) is 0.464. The quantitative estimate of drug-likeness (QED) is 0.547. The highest BCUT2D eigenvalue weighted by Crippen LogP contribution is 2.38. The Morgan fingerprint density at radius 1 is 0.917 bits per heavy atom. The molecule has 8 nitrogen and oxygen atoms in total. The fourth-order valence-electron chi connectivity index (χ4n) is 5.36. The molecule has 1 heterocycles. The number of carbonyl (C=O) groups excluding carboxylic acids is 3. The minimum absolute atomic E-state index is 0.0326. The Labute approximate surface area is 212 Å². The van der Waals surface area contributed by atoms with Gasteiger partial charge in [-0.3, -0.25) is 4.79 Å². The highest BCUT2D eigenvalue weighted by molar-refractivity contribution is 6.00. The average molecular weight is 494 g/mol. The molecule has 192 valence electrons. The largest absolute Gasteiger partial charge is 0.495 e. The zero-order chi connectivity index (χ0) is 25.7. The van der Waals surface area contributed by atoms with Gasteiger partial charge in [0.1, 0.15) is 11.8 Å². The van der Waals surface area contributed by atoms with Gasteiger partial charge >= 0.3 is 12.0 Å². The number of aryl methyl sites for hydroxylation is 1. The Kier molecular flexibility index (Phi) is 8.13. The molecule has 0 bridgehead atoms. The van der Waals surface area contributed by atoms with Crippen molar-refractivity contribution in [2.75, 3.05) is 31.4 Å². The summed E-state index contributed by atoms with van der Waals surface area (Å²) >= 11 is 0. The number of esters is 1. The van der Waals surface area contributed by atoms with Crippen LogP contribution in [0.3, 0.4) is 0 Å². The van der Waals surface area contributed by atoms with Gasteiger partial charge in [-0.05, 0) is 86.8 Å². The minimum atomic E-state index is -0.426. The third-order valence-electron chi connectivity index (χ3n) is 7.33. The van der Waals surface area contributed by atoms with E-state index in [2.05, 4.69) is 10.6 Å². The summed E-state index contributed by atoms with van der Waals surface area (Å²) in [6.45, 7) is 2.59. The molecule has 4 rings (SSSR count). The third-order valence-corrected chi connectivity index (χ3v) is 7.33. The summed E-state index contributed by atoms with van der Waals surface area (Å²) in [4.78, 5) is 39.3. The topological polar surface area (TPSA) is 97.0 Å². The maximum Gasteiger partial charge on any atom is 0.328 e. The van der Waals surface area contributed by atoms with Gasteiger partial charge in [0.05, 0.1) is 19.9 Å². The lowest BCUT2D eigenvalue weighted by molar-refractivity contribution is -0.152. The van der Waals surface area contributed by atoms with Crippen molar-refractivity contribution in [1.29, 1.82) is 0 Å². The Hall–Kier alpha value is -3.55. The molecule has 1 atom stereocenters. The SMILES string of the molecule is COC(=O)[C@@H]1CCCN1C(=O)C1CCC(c2ccc(NC(=O)Nc3cc(C)ccc3OC)cc2)CC1. The number of rotatable bonds is 6. The first-order valence-electron chi connectivity index (χ1n) is 12.6. The summed E-state index contributed by atoms with van der Waals surface area (Å²) in [7, 11) is 2.95. The molecule has 1 aliphatic carbocycles. The number of nitrogens with zero attached hydrogens (tertiary/aromatic N) is 1. The number of benzene rings is 2. The number of hydrogen-bond acceptors (Lipinski definition) is 5. The number of amides is 3. The number of likely N-dealkylation sites (tertiary alicyclic amines) is 1. The van der Waals surface area contributed by atoms with Crippen LogP contribution < -0.4 is 15.4 Å². The molecular formula is C28H35N3O5. The number of methoxy groups -OCH3 is 2. The van der Waals surface area contributed by atoms with E-state index in [9.17, 15) is 14.4 Å². The van der Waals surface area contributed by atoms with E-state index in [1.807, 2.05) is 49.4 Å². The van der Waals surface area contributed by atoms with Gasteiger partial charge in [-0.1, -0.05) is 18.2 Å². The van der Waals surface area contributed by atoms with E-state index < -0.39 is 6.04 Å². The molecular weight excluding hydrogens is 458 g/mol. The molecule has 0 aromatic heterocycles. The molecule has 2 aliphatic rings. The second-order valence-corrected chi connectivity index (χ2v) is 9.67. The van der Waals surface area contributed by atoms with Crippen molar-refractivity contribution < 1.29 is 23.9 Å². The summed E-state index contributed by atoms with van der Waals surface area (Å²) < 4.78 is 10.2. The van der Waals surface area contributed by atoms with E-state index in [4.69, 9.17) is 9.47 Å². The second-order valence-electron chi connectivity index (χ2n) is 9.67. The van der Waals surface area contributed by atoms with Crippen molar-refractivity contribution >= 4 is 29.3 Å². The Balaban J connectivity index is 1.29. The van der Waals surface area contributed by atoms with Crippen LogP contribution in [0.4, 0.5) is 16.2 Å². The smallest absolute Gasteiger partial charge is 0.328 e. The Morgan fingerprint density at radius 3 is 2.31 bits per heavy atom. The Morgan fingerprint density at radius 2 is 1.64 bits per heavy atom. The molecule has 36 heavy (non-hydrogen) atoms. The van der Waals surface area contributed by atoms with E-state index in [1.54, 1.807) is 12.0 Å². The predicted molar refractivity (Wildman–Crippen MR) is 138 cm³/mol. The van der Waals surface area contributed by atoms with Crippen molar-refractivity contribution in [3.63, 3.8) is 0 Å². The zero-order valence-corrected chi connectivity index (χ0v) is 21.2. The van der Waals surface area contributed by atoms with Crippen molar-refractivity contribution in [2.24, 2.45) is 5.92 Å². The van der Waals surface area contributed by atoms with Crippen molar-refractivity contribution in [2.45, 2.75) is 57.4 Å². The van der Waals surface area contributed by atoms with Crippen LogP contribution in [0.5, 0.6) is 5.75 Å². The number of anilines is 2. The number of carbonyl (C=O) groups is 3. The van der Waals surface area contributed by atoms with Crippen molar-refractivity contribution in [1.82, 2.24) is 4.90 Å². The predicted octanol–water partition coefficient (Wildman–Crippen LogP) is 5.09. The molecule has 8 heteroatoms. The molecule has 0 unspecified atom stereocenters. The first-order valence-corrected chi connectivity index (χ1v) is 12.6. The van der Waals surface area contributed by atoms with Crippen LogP contribution in [0.1, 0.15) is 55.6 Å². The summed E-state index contributed by atoms with van der Waals surface area (Å²) in [6.07, 6.45) is 5.01. The van der Waals surface area contributed by atoms with E-state index in [-0.39, 0.29) is 23.8 Å². The summed E-state index contributed by atoms with van der Waals surface area (Å²) in [5.74, 6) is 0.732. The van der Waals surface area contributed by atoms with Crippen LogP contribution in [-0.4, -0.2) is 49.6 Å². The van der Waals surface area contributed by atoms with Crippen molar-refractivity contribution in [3.05, 3.63) is 53.6 Å². The monoisotopic (exact) mass is 493 g/mol. The molecule has 0 spiro atoms. The van der Waals surface area contributed by atoms with Gasteiger partial charge in [-0.15, -0.1) is 0 Å². The lowest BCUT2D eigenvalue weighted by atomic mass is 9.78. The molecule has 2 fully saturated rings. The van der Waals surface area contributed by atoms with E-state index in [0.29, 0.717) is 36.0 Å². The minimum Gasteiger partial charge on any atom is -0.495 e. The number of nitrogens with one attached hydrogen (secondary N) is 2. The van der Waals surface area contributed by atoms with Crippen LogP contribution in [0.15, 0.2) is 42.5 Å². The molecule has 2 aromatic carbocycles. The molecule has 3 amide bonds. The standard InChI is InChI=1S/C28H35N3O5/c1-18-6-15-25(35-2)23(17-18)30-28(34)29-22-13-11-20(12-14-22)19-7-9-21(10-8-19)26(32)31-16-4-5-24(31)27(33)36-3/h6,11-15,17,19,21,24H,4-5,7-10,16H2,1-3H3,(H2,29,30,34)/t19?,21?,24-/m0/s1. The normalized spacial score (nSPS) is 21.5. The highest BCUT2D eigenvalue weighted by Gasteiger charge is 2.38. The lowest BCUT2D eigenvalue weighted by Gasteiger charge is -2.32. The number of urea groups is 1. The van der Waals surface area contributed by atoms with Gasteiger partial charge < -0.3 is 25.0 Å². The Bertz CT molecular complexity index is 1090. The first kappa shape index (κ1) is 25.5. The maximum atomic E-state index is 13.1. The molecule has 0 radical (unpaired) electrons. The third kappa shape index (κ3) is 5.80. The van der Waals surface area contributed by atoms with Crippen molar-refractivity contribution in [3.8, 4) is 5.75 Å². The number of ether oxygens (including phenoxy) is 2. The van der Waals surface area contributed by atoms with E-state index in [0.717, 1.165) is 37.7 Å². The van der Waals surface area contributed by atoms with Gasteiger partial charge in [0.15, 0.2) is 0 Å². The average Bonchev–Trinajstić information content (AvgIpc) is 3.38. The van der Waals surface area contributed by atoms with Crippen LogP contribution >= 0.6 is 0 Å². The van der Waals surface area contributed by atoms with E-state index >= 15 is 0 Å². The van der Waals surface area contributed by atoms with Gasteiger partial charge in [-0.2, -0.15) is 0 Å². The van der Waals surface area contributed by atoms with Gasteiger partial charge in [-0.25, -0.2) is 9.59 Å². The number of hydrogen-bond donors (Lipinski definition) is 2. The lowest BCUT2D eigenvalue weighted by Crippen LogP contribution is -2.44. The molecule has 2 aromatic rings. The first-order chi connectivity index (χ1) is 17.4. The van der Waals surface area contributed by atoms with Crippen LogP contribution in [0.25, 0.3) is 0 Å². The molecule has 1 saturated heterocycles.